The third-order valence-electron chi connectivity index (χ3n) is 6.58. The minimum absolute atomic E-state index is 0.0562. The first-order chi connectivity index (χ1) is 12.6. The molecule has 2 saturated carbocycles. The van der Waals surface area contributed by atoms with Gasteiger partial charge in [-0.05, 0) is 54.7 Å². The lowest BCUT2D eigenvalue weighted by Gasteiger charge is -2.35. The number of rotatable bonds is 1. The second kappa shape index (κ2) is 5.85. The van der Waals surface area contributed by atoms with E-state index in [4.69, 9.17) is 5.26 Å². The van der Waals surface area contributed by atoms with Gasteiger partial charge >= 0.3 is 6.18 Å². The van der Waals surface area contributed by atoms with Crippen molar-refractivity contribution >= 4 is 15.7 Å². The van der Waals surface area contributed by atoms with Gasteiger partial charge in [0.25, 0.3) is 0 Å². The van der Waals surface area contributed by atoms with Gasteiger partial charge in [-0.25, -0.2) is 8.42 Å². The Morgan fingerprint density at radius 3 is 2.59 bits per heavy atom. The van der Waals surface area contributed by atoms with Crippen LogP contribution < -0.4 is 4.31 Å². The van der Waals surface area contributed by atoms with Crippen molar-refractivity contribution < 1.29 is 26.7 Å². The van der Waals surface area contributed by atoms with E-state index >= 15 is 0 Å². The summed E-state index contributed by atoms with van der Waals surface area (Å²) in [6.07, 6.45) is -3.95. The number of anilines is 1. The monoisotopic (exact) mass is 400 g/mol. The second-order valence-electron chi connectivity index (χ2n) is 7.87. The Labute approximate surface area is 155 Å². The van der Waals surface area contributed by atoms with Crippen LogP contribution >= 0.6 is 0 Å². The normalized spacial score (nSPS) is 37.1. The number of sulfonamides is 1. The number of hydrogen-bond donors (Lipinski definition) is 1. The third kappa shape index (κ3) is 2.64. The van der Waals surface area contributed by atoms with E-state index in [1.165, 1.54) is 12.1 Å². The van der Waals surface area contributed by atoms with E-state index in [0.717, 1.165) is 22.9 Å². The van der Waals surface area contributed by atoms with E-state index < -0.39 is 38.7 Å². The molecule has 2 aliphatic carbocycles. The van der Waals surface area contributed by atoms with E-state index in [1.807, 2.05) is 6.92 Å². The van der Waals surface area contributed by atoms with Gasteiger partial charge in [0.2, 0.25) is 10.0 Å². The summed E-state index contributed by atoms with van der Waals surface area (Å²) in [5, 5.41) is 18.4. The molecule has 1 aromatic rings. The molecule has 0 amide bonds. The topological polar surface area (TPSA) is 81.4 Å². The fourth-order valence-electron chi connectivity index (χ4n) is 5.36. The highest BCUT2D eigenvalue weighted by Gasteiger charge is 2.60. The van der Waals surface area contributed by atoms with Crippen LogP contribution in [0.5, 0.6) is 0 Å². The van der Waals surface area contributed by atoms with Crippen LogP contribution in [-0.4, -0.2) is 31.4 Å². The van der Waals surface area contributed by atoms with Gasteiger partial charge in [0, 0.05) is 6.54 Å². The van der Waals surface area contributed by atoms with Gasteiger partial charge in [-0.1, -0.05) is 6.92 Å². The van der Waals surface area contributed by atoms with Crippen LogP contribution in [0.1, 0.15) is 30.9 Å². The zero-order chi connectivity index (χ0) is 19.7. The molecule has 0 aromatic heterocycles. The van der Waals surface area contributed by atoms with Crippen LogP contribution in [0.3, 0.4) is 0 Å². The lowest BCUT2D eigenvalue weighted by molar-refractivity contribution is -0.137. The molecule has 1 aliphatic heterocycles. The summed E-state index contributed by atoms with van der Waals surface area (Å²) in [7, 11) is -3.85. The van der Waals surface area contributed by atoms with Gasteiger partial charge in [-0.15, -0.1) is 0 Å². The van der Waals surface area contributed by atoms with E-state index in [0.29, 0.717) is 6.42 Å². The molecular weight excluding hydrogens is 381 g/mol. The zero-order valence-electron chi connectivity index (χ0n) is 14.5. The van der Waals surface area contributed by atoms with Crippen LogP contribution in [0.2, 0.25) is 0 Å². The van der Waals surface area contributed by atoms with Gasteiger partial charge in [0.1, 0.15) is 0 Å². The van der Waals surface area contributed by atoms with Crippen molar-refractivity contribution in [3.05, 3.63) is 29.3 Å². The molecule has 2 bridgehead atoms. The predicted molar refractivity (Wildman–Crippen MR) is 91.1 cm³/mol. The zero-order valence-corrected chi connectivity index (χ0v) is 15.3. The molecule has 1 N–H and O–H groups in total. The van der Waals surface area contributed by atoms with Crippen molar-refractivity contribution in [3.63, 3.8) is 0 Å². The van der Waals surface area contributed by atoms with Crippen molar-refractivity contribution in [2.75, 3.05) is 10.8 Å². The summed E-state index contributed by atoms with van der Waals surface area (Å²) >= 11 is 0. The first-order valence-corrected chi connectivity index (χ1v) is 10.4. The van der Waals surface area contributed by atoms with Crippen molar-refractivity contribution in [1.82, 2.24) is 0 Å². The minimum Gasteiger partial charge on any atom is -0.393 e. The first kappa shape index (κ1) is 18.6. The maximum atomic E-state index is 13.3. The lowest BCUT2D eigenvalue weighted by atomic mass is 9.73. The van der Waals surface area contributed by atoms with E-state index in [2.05, 4.69) is 0 Å². The highest BCUT2D eigenvalue weighted by molar-refractivity contribution is 7.93. The Hall–Kier alpha value is -1.79. The number of halogens is 3. The van der Waals surface area contributed by atoms with Crippen LogP contribution in [0.15, 0.2) is 18.2 Å². The Morgan fingerprint density at radius 2 is 1.96 bits per heavy atom. The molecular formula is C18H19F3N2O3S. The predicted octanol–water partition coefficient (Wildman–Crippen LogP) is 2.75. The fourth-order valence-corrected chi connectivity index (χ4v) is 7.94. The quantitative estimate of drug-likeness (QED) is 0.786. The van der Waals surface area contributed by atoms with E-state index in [-0.39, 0.29) is 35.9 Å². The van der Waals surface area contributed by atoms with Crippen LogP contribution in [-0.2, 0) is 16.2 Å². The molecule has 3 aliphatic rings. The molecule has 1 heterocycles. The van der Waals surface area contributed by atoms with Crippen LogP contribution in [0, 0.1) is 35.0 Å². The molecule has 9 heteroatoms. The molecule has 146 valence electrons. The summed E-state index contributed by atoms with van der Waals surface area (Å²) in [6, 6.07) is 4.55. The molecule has 5 nitrogen and oxygen atoms in total. The van der Waals surface area contributed by atoms with Gasteiger partial charge in [-0.3, -0.25) is 4.31 Å². The molecule has 0 radical (unpaired) electrons. The summed E-state index contributed by atoms with van der Waals surface area (Å²) in [5.41, 5.74) is -1.72. The van der Waals surface area contributed by atoms with Crippen LogP contribution in [0.25, 0.3) is 0 Å². The fraction of sp³-hybridized carbons (Fsp3) is 0.611. The van der Waals surface area contributed by atoms with Crippen molar-refractivity contribution in [2.45, 2.75) is 37.3 Å². The van der Waals surface area contributed by atoms with Gasteiger partial charge in [-0.2, -0.15) is 18.4 Å². The lowest BCUT2D eigenvalue weighted by Crippen LogP contribution is -2.42. The number of benzene rings is 1. The standard InChI is InChI=1S/C18H19F3N2O3S/c1-9-13-4-11(5-16(13)24)14-8-23(27(25,26)17(9)14)12-3-2-10(7-22)15(6-12)18(19,20)21/h2-3,6,9,11,13-14,16-17,24H,4-5,8H2,1H3/t9-,11+,13+,14-,16+,17?/m0/s1. The molecule has 27 heavy (non-hydrogen) atoms. The number of aliphatic hydroxyl groups is 1. The Morgan fingerprint density at radius 1 is 1.26 bits per heavy atom. The van der Waals surface area contributed by atoms with Crippen LogP contribution in [0.4, 0.5) is 18.9 Å². The summed E-state index contributed by atoms with van der Waals surface area (Å²) in [4.78, 5) is 0. The summed E-state index contributed by atoms with van der Waals surface area (Å²) < 4.78 is 67.2. The average Bonchev–Trinajstić information content (AvgIpc) is 3.07. The SMILES string of the molecule is C[C@@H]1C2[C@@H](CN(c3ccc(C#N)c(C(F)(F)F)c3)S2(=O)=O)[C@@H]2C[C@H]1[C@H](O)C2. The van der Waals surface area contributed by atoms with E-state index in [9.17, 15) is 26.7 Å². The number of nitriles is 1. The molecule has 3 fully saturated rings. The van der Waals surface area contributed by atoms with Gasteiger partial charge in [0.15, 0.2) is 0 Å². The summed E-state index contributed by atoms with van der Waals surface area (Å²) in [5.74, 6) is -0.480. The largest absolute Gasteiger partial charge is 0.417 e. The molecule has 0 spiro atoms. The van der Waals surface area contributed by atoms with Gasteiger partial charge in [0.05, 0.1) is 34.2 Å². The average molecular weight is 400 g/mol. The highest BCUT2D eigenvalue weighted by Crippen LogP contribution is 2.54. The molecule has 1 unspecified atom stereocenters. The van der Waals surface area contributed by atoms with Gasteiger partial charge < -0.3 is 5.11 Å². The van der Waals surface area contributed by atoms with Crippen molar-refractivity contribution in [2.24, 2.45) is 23.7 Å². The first-order valence-electron chi connectivity index (χ1n) is 8.86. The number of alkyl halides is 3. The summed E-state index contributed by atoms with van der Waals surface area (Å²) in [6.45, 7) is 1.93. The Kier molecular flexibility index (Phi) is 4.02. The number of aliphatic hydroxyl groups excluding tert-OH is 1. The molecule has 1 saturated heterocycles. The Balaban J connectivity index is 1.76. The third-order valence-corrected chi connectivity index (χ3v) is 9.02. The number of hydrogen-bond acceptors (Lipinski definition) is 4. The second-order valence-corrected chi connectivity index (χ2v) is 9.88. The van der Waals surface area contributed by atoms with Crippen molar-refractivity contribution in [3.8, 4) is 6.07 Å². The number of fused-ring (bicyclic) bond motifs is 4. The van der Waals surface area contributed by atoms with Crippen molar-refractivity contribution in [1.29, 1.82) is 5.26 Å². The maximum absolute atomic E-state index is 13.3. The molecule has 6 atom stereocenters. The smallest absolute Gasteiger partial charge is 0.393 e. The molecule has 1 aromatic carbocycles. The molecule has 4 rings (SSSR count). The maximum Gasteiger partial charge on any atom is 0.417 e. The number of nitrogens with zero attached hydrogens (tertiary/aromatic N) is 2. The highest BCUT2D eigenvalue weighted by atomic mass is 32.2. The minimum atomic E-state index is -4.74. The van der Waals surface area contributed by atoms with E-state index in [1.54, 1.807) is 0 Å². The Bertz CT molecular complexity index is 925.